The fourth-order valence-corrected chi connectivity index (χ4v) is 2.81. The molecule has 3 amide bonds. The maximum atomic E-state index is 12.0. The van der Waals surface area contributed by atoms with Gasteiger partial charge in [0.2, 0.25) is 11.1 Å². The molecule has 3 N–H and O–H groups in total. The van der Waals surface area contributed by atoms with E-state index >= 15 is 0 Å². The largest absolute Gasteiger partial charge is 0.496 e. The Morgan fingerprint density at radius 1 is 1.44 bits per heavy atom. The molecule has 0 aliphatic heterocycles. The Bertz CT molecular complexity index is 767. The lowest BCUT2D eigenvalue weighted by atomic mass is 10.2. The summed E-state index contributed by atoms with van der Waals surface area (Å²) in [5, 5.41) is 12.0. The van der Waals surface area contributed by atoms with Crippen LogP contribution < -0.4 is 15.4 Å². The number of aromatic amines is 1. The Hall–Kier alpha value is -2.26. The third-order valence-corrected chi connectivity index (χ3v) is 4.30. The van der Waals surface area contributed by atoms with Crippen molar-refractivity contribution in [2.75, 3.05) is 13.7 Å². The number of nitrogens with one attached hydrogen (secondary N) is 3. The molecule has 0 unspecified atom stereocenters. The minimum Gasteiger partial charge on any atom is -0.496 e. The van der Waals surface area contributed by atoms with Crippen LogP contribution in [-0.2, 0) is 4.79 Å². The Kier molecular flexibility index (Phi) is 6.65. The highest BCUT2D eigenvalue weighted by Crippen LogP contribution is 2.31. The highest BCUT2D eigenvalue weighted by Gasteiger charge is 2.20. The Balaban J connectivity index is 2.08. The number of methoxy groups -OCH3 is 1. The lowest BCUT2D eigenvalue weighted by molar-refractivity contribution is -0.119. The third kappa shape index (κ3) is 5.10. The molecular formula is C15H18ClN5O3S. The van der Waals surface area contributed by atoms with E-state index in [0.29, 0.717) is 33.9 Å². The van der Waals surface area contributed by atoms with Crippen molar-refractivity contribution < 1.29 is 14.3 Å². The quantitative estimate of drug-likeness (QED) is 0.661. The number of carbonyl (C=O) groups is 2. The molecule has 0 aliphatic carbocycles. The summed E-state index contributed by atoms with van der Waals surface area (Å²) in [7, 11) is 1.55. The van der Waals surface area contributed by atoms with Crippen molar-refractivity contribution in [3.8, 4) is 17.1 Å². The summed E-state index contributed by atoms with van der Waals surface area (Å²) in [4.78, 5) is 27.7. The molecule has 0 saturated heterocycles. The average Bonchev–Trinajstić information content (AvgIpc) is 3.03. The van der Waals surface area contributed by atoms with Gasteiger partial charge in [0.25, 0.3) is 0 Å². The van der Waals surface area contributed by atoms with Crippen molar-refractivity contribution in [3.05, 3.63) is 23.2 Å². The standard InChI is InChI=1S/C15H18ClN5O3S/c1-4-17-14(23)19-13(22)8(2)25-15-18-12(20-21-15)10-7-9(16)5-6-11(10)24-3/h5-8H,4H2,1-3H3,(H,18,20,21)(H2,17,19,22,23)/t8-/m1/s1. The van der Waals surface area contributed by atoms with Gasteiger partial charge >= 0.3 is 6.03 Å². The third-order valence-electron chi connectivity index (χ3n) is 3.11. The monoisotopic (exact) mass is 383 g/mol. The SMILES string of the molecule is CCNC(=O)NC(=O)[C@@H](C)Sc1n[nH]c(-c2cc(Cl)ccc2OC)n1. The minimum atomic E-state index is -0.549. The first-order valence-corrected chi connectivity index (χ1v) is 8.72. The number of ether oxygens (including phenoxy) is 1. The van der Waals surface area contributed by atoms with Crippen LogP contribution in [0.25, 0.3) is 11.4 Å². The van der Waals surface area contributed by atoms with Crippen LogP contribution in [0.15, 0.2) is 23.4 Å². The molecule has 1 aromatic carbocycles. The van der Waals surface area contributed by atoms with Crippen molar-refractivity contribution in [1.82, 2.24) is 25.8 Å². The Morgan fingerprint density at radius 2 is 2.20 bits per heavy atom. The van der Waals surface area contributed by atoms with Crippen LogP contribution in [-0.4, -0.2) is 46.0 Å². The van der Waals surface area contributed by atoms with Crippen LogP contribution in [0.2, 0.25) is 5.02 Å². The van der Waals surface area contributed by atoms with Gasteiger partial charge in [0.1, 0.15) is 5.75 Å². The molecule has 10 heteroatoms. The molecule has 0 spiro atoms. The van der Waals surface area contributed by atoms with Gasteiger partial charge in [-0.2, -0.15) is 0 Å². The number of imide groups is 1. The number of benzene rings is 1. The second-order valence-corrected chi connectivity index (χ2v) is 6.66. The van der Waals surface area contributed by atoms with Crippen LogP contribution in [0.4, 0.5) is 4.79 Å². The van der Waals surface area contributed by atoms with Crippen molar-refractivity contribution in [2.45, 2.75) is 24.3 Å². The van der Waals surface area contributed by atoms with E-state index in [1.165, 1.54) is 0 Å². The Labute approximate surface area is 154 Å². The van der Waals surface area contributed by atoms with Gasteiger partial charge < -0.3 is 10.1 Å². The van der Waals surface area contributed by atoms with Crippen molar-refractivity contribution in [2.24, 2.45) is 0 Å². The van der Waals surface area contributed by atoms with Crippen LogP contribution in [0, 0.1) is 0 Å². The number of aromatic nitrogens is 3. The first-order chi connectivity index (χ1) is 11.9. The molecule has 0 aliphatic rings. The molecule has 2 aromatic rings. The number of nitrogens with zero attached hydrogens (tertiary/aromatic N) is 2. The smallest absolute Gasteiger partial charge is 0.321 e. The number of amides is 3. The number of urea groups is 1. The molecule has 134 valence electrons. The molecule has 1 aromatic heterocycles. The zero-order valence-corrected chi connectivity index (χ0v) is 15.5. The molecule has 25 heavy (non-hydrogen) atoms. The van der Waals surface area contributed by atoms with Gasteiger partial charge in [-0.05, 0) is 32.0 Å². The fourth-order valence-electron chi connectivity index (χ4n) is 1.91. The van der Waals surface area contributed by atoms with E-state index in [9.17, 15) is 9.59 Å². The van der Waals surface area contributed by atoms with Crippen LogP contribution >= 0.6 is 23.4 Å². The average molecular weight is 384 g/mol. The van der Waals surface area contributed by atoms with E-state index in [0.717, 1.165) is 11.8 Å². The summed E-state index contributed by atoms with van der Waals surface area (Å²) in [6, 6.07) is 4.62. The first-order valence-electron chi connectivity index (χ1n) is 7.46. The summed E-state index contributed by atoms with van der Waals surface area (Å²) in [6.45, 7) is 3.86. The highest BCUT2D eigenvalue weighted by molar-refractivity contribution is 8.00. The number of hydrogen-bond donors (Lipinski definition) is 3. The molecule has 8 nitrogen and oxygen atoms in total. The number of H-pyrrole nitrogens is 1. The van der Waals surface area contributed by atoms with Crippen LogP contribution in [0.5, 0.6) is 5.75 Å². The normalized spacial score (nSPS) is 11.7. The second-order valence-electron chi connectivity index (χ2n) is 4.92. The van der Waals surface area contributed by atoms with E-state index in [1.54, 1.807) is 39.2 Å². The molecule has 1 heterocycles. The van der Waals surface area contributed by atoms with E-state index in [-0.39, 0.29) is 0 Å². The summed E-state index contributed by atoms with van der Waals surface area (Å²) in [5.41, 5.74) is 0.661. The zero-order chi connectivity index (χ0) is 18.4. The van der Waals surface area contributed by atoms with Crippen molar-refractivity contribution in [3.63, 3.8) is 0 Å². The molecule has 0 radical (unpaired) electrons. The summed E-state index contributed by atoms with van der Waals surface area (Å²) in [5.74, 6) is 0.639. The maximum Gasteiger partial charge on any atom is 0.321 e. The van der Waals surface area contributed by atoms with Gasteiger partial charge in [0.15, 0.2) is 5.82 Å². The number of rotatable bonds is 6. The molecule has 2 rings (SSSR count). The molecule has 1 atom stereocenters. The van der Waals surface area contributed by atoms with Gasteiger partial charge in [-0.15, -0.1) is 5.10 Å². The second kappa shape index (κ2) is 8.72. The lowest BCUT2D eigenvalue weighted by Crippen LogP contribution is -2.42. The molecule has 0 bridgehead atoms. The summed E-state index contributed by atoms with van der Waals surface area (Å²) >= 11 is 7.14. The van der Waals surface area contributed by atoms with Crippen LogP contribution in [0.3, 0.4) is 0 Å². The predicted octanol–water partition coefficient (Wildman–Crippen LogP) is 2.46. The lowest BCUT2D eigenvalue weighted by Gasteiger charge is -2.09. The van der Waals surface area contributed by atoms with E-state index < -0.39 is 17.2 Å². The highest BCUT2D eigenvalue weighted by atomic mass is 35.5. The number of hydrogen-bond acceptors (Lipinski definition) is 6. The predicted molar refractivity (Wildman–Crippen MR) is 95.9 cm³/mol. The number of carbonyl (C=O) groups excluding carboxylic acids is 2. The van der Waals surface area contributed by atoms with E-state index in [2.05, 4.69) is 25.8 Å². The fraction of sp³-hybridized carbons (Fsp3) is 0.333. The molecule has 0 saturated carbocycles. The summed E-state index contributed by atoms with van der Waals surface area (Å²) in [6.07, 6.45) is 0. The topological polar surface area (TPSA) is 109 Å². The van der Waals surface area contributed by atoms with Gasteiger partial charge in [0.05, 0.1) is 17.9 Å². The van der Waals surface area contributed by atoms with Crippen molar-refractivity contribution in [1.29, 1.82) is 0 Å². The van der Waals surface area contributed by atoms with Crippen molar-refractivity contribution >= 4 is 35.3 Å². The van der Waals surface area contributed by atoms with Gasteiger partial charge in [-0.3, -0.25) is 15.2 Å². The first kappa shape index (κ1) is 19.1. The Morgan fingerprint density at radius 3 is 2.88 bits per heavy atom. The maximum absolute atomic E-state index is 12.0. The molecular weight excluding hydrogens is 366 g/mol. The van der Waals surface area contributed by atoms with E-state index in [1.807, 2.05) is 0 Å². The van der Waals surface area contributed by atoms with Gasteiger partial charge in [-0.25, -0.2) is 9.78 Å². The molecule has 0 fully saturated rings. The van der Waals surface area contributed by atoms with Gasteiger partial charge in [0, 0.05) is 11.6 Å². The number of thioether (sulfide) groups is 1. The van der Waals surface area contributed by atoms with E-state index in [4.69, 9.17) is 16.3 Å². The zero-order valence-electron chi connectivity index (χ0n) is 13.9. The number of halogens is 1. The minimum absolute atomic E-state index is 0.371. The summed E-state index contributed by atoms with van der Waals surface area (Å²) < 4.78 is 5.29. The van der Waals surface area contributed by atoms with Crippen LogP contribution in [0.1, 0.15) is 13.8 Å². The van der Waals surface area contributed by atoms with Gasteiger partial charge in [-0.1, -0.05) is 23.4 Å².